The molecule has 6 heteroatoms. The van der Waals surface area contributed by atoms with E-state index in [1.54, 1.807) is 0 Å². The molecule has 1 aliphatic carbocycles. The third-order valence-electron chi connectivity index (χ3n) is 4.63. The molecular formula is C15H21N5O. The summed E-state index contributed by atoms with van der Waals surface area (Å²) < 4.78 is 7.51. The van der Waals surface area contributed by atoms with Crippen molar-refractivity contribution in [2.24, 2.45) is 0 Å². The van der Waals surface area contributed by atoms with E-state index in [1.807, 2.05) is 23.1 Å². The van der Waals surface area contributed by atoms with Gasteiger partial charge in [-0.1, -0.05) is 5.16 Å². The summed E-state index contributed by atoms with van der Waals surface area (Å²) in [6, 6.07) is 2.66. The first-order valence-electron chi connectivity index (χ1n) is 7.88. The highest BCUT2D eigenvalue weighted by Crippen LogP contribution is 2.39. The van der Waals surface area contributed by atoms with Gasteiger partial charge in [0.15, 0.2) is 5.82 Å². The molecule has 2 fully saturated rings. The van der Waals surface area contributed by atoms with E-state index in [1.165, 1.54) is 25.7 Å². The van der Waals surface area contributed by atoms with Crippen molar-refractivity contribution in [1.29, 1.82) is 0 Å². The second kappa shape index (κ2) is 5.26. The Bertz CT molecular complexity index is 589. The molecule has 6 nitrogen and oxygen atoms in total. The zero-order valence-electron chi connectivity index (χ0n) is 12.4. The van der Waals surface area contributed by atoms with Crippen LogP contribution in [0, 0.1) is 0 Å². The average Bonchev–Trinajstić information content (AvgIpc) is 2.96. The Labute approximate surface area is 124 Å². The molecular weight excluding hydrogens is 266 g/mol. The number of hydrogen-bond acceptors (Lipinski definition) is 5. The maximum Gasteiger partial charge on any atom is 0.243 e. The first-order chi connectivity index (χ1) is 10.3. The summed E-state index contributed by atoms with van der Waals surface area (Å²) in [6.07, 6.45) is 8.70. The molecule has 2 unspecified atom stereocenters. The van der Waals surface area contributed by atoms with E-state index in [9.17, 15) is 0 Å². The van der Waals surface area contributed by atoms with Crippen LogP contribution in [0.25, 0.3) is 0 Å². The van der Waals surface area contributed by atoms with Gasteiger partial charge >= 0.3 is 0 Å². The van der Waals surface area contributed by atoms with Crippen LogP contribution in [-0.4, -0.2) is 37.4 Å². The minimum Gasteiger partial charge on any atom is -0.338 e. The molecule has 2 aromatic heterocycles. The molecule has 3 heterocycles. The number of hydrogen-bond donors (Lipinski definition) is 0. The van der Waals surface area contributed by atoms with Gasteiger partial charge in [-0.2, -0.15) is 10.1 Å². The first-order valence-corrected chi connectivity index (χ1v) is 7.88. The molecule has 21 heavy (non-hydrogen) atoms. The fourth-order valence-corrected chi connectivity index (χ4v) is 3.25. The van der Waals surface area contributed by atoms with Gasteiger partial charge in [0, 0.05) is 24.4 Å². The van der Waals surface area contributed by atoms with Gasteiger partial charge < -0.3 is 4.52 Å². The zero-order chi connectivity index (χ0) is 14.2. The number of rotatable bonds is 5. The zero-order valence-corrected chi connectivity index (χ0v) is 12.4. The van der Waals surface area contributed by atoms with Crippen LogP contribution >= 0.6 is 0 Å². The number of aromatic nitrogens is 4. The molecule has 1 aliphatic heterocycles. The lowest BCUT2D eigenvalue weighted by atomic mass is 10.2. The molecule has 0 amide bonds. The van der Waals surface area contributed by atoms with Crippen LogP contribution < -0.4 is 0 Å². The monoisotopic (exact) mass is 287 g/mol. The number of likely N-dealkylation sites (tertiary alicyclic amines) is 1. The summed E-state index contributed by atoms with van der Waals surface area (Å²) in [4.78, 5) is 7.08. The highest BCUT2D eigenvalue weighted by Gasteiger charge is 2.34. The lowest BCUT2D eigenvalue weighted by Crippen LogP contribution is -2.35. The Kier molecular flexibility index (Phi) is 3.25. The molecule has 1 saturated heterocycles. The molecule has 0 radical (unpaired) electrons. The van der Waals surface area contributed by atoms with E-state index in [2.05, 4.69) is 27.1 Å². The van der Waals surface area contributed by atoms with Crippen LogP contribution in [-0.2, 0) is 6.54 Å². The maximum absolute atomic E-state index is 5.50. The van der Waals surface area contributed by atoms with Gasteiger partial charge in [0.25, 0.3) is 0 Å². The molecule has 0 spiro atoms. The fourth-order valence-electron chi connectivity index (χ4n) is 3.25. The van der Waals surface area contributed by atoms with Crippen molar-refractivity contribution >= 4 is 0 Å². The smallest absolute Gasteiger partial charge is 0.243 e. The third kappa shape index (κ3) is 2.60. The van der Waals surface area contributed by atoms with Crippen molar-refractivity contribution in [1.82, 2.24) is 24.8 Å². The highest BCUT2D eigenvalue weighted by molar-refractivity contribution is 5.05. The summed E-state index contributed by atoms with van der Waals surface area (Å²) in [5.74, 6) is 2.22. The Morgan fingerprint density at radius 3 is 3.05 bits per heavy atom. The van der Waals surface area contributed by atoms with E-state index in [0.717, 1.165) is 24.8 Å². The lowest BCUT2D eigenvalue weighted by molar-refractivity contribution is 0.144. The summed E-state index contributed by atoms with van der Waals surface area (Å²) >= 11 is 0. The summed E-state index contributed by atoms with van der Waals surface area (Å²) in [5.41, 5.74) is 0. The quantitative estimate of drug-likeness (QED) is 0.845. The van der Waals surface area contributed by atoms with Crippen molar-refractivity contribution in [3.63, 3.8) is 0 Å². The molecule has 0 N–H and O–H groups in total. The van der Waals surface area contributed by atoms with Gasteiger partial charge in [0.05, 0.1) is 12.6 Å². The van der Waals surface area contributed by atoms with Crippen molar-refractivity contribution in [3.8, 4) is 0 Å². The largest absolute Gasteiger partial charge is 0.338 e. The Balaban J connectivity index is 1.47. The minimum absolute atomic E-state index is 0.188. The van der Waals surface area contributed by atoms with E-state index in [4.69, 9.17) is 4.52 Å². The lowest BCUT2D eigenvalue weighted by Gasteiger charge is -2.28. The van der Waals surface area contributed by atoms with Gasteiger partial charge in [0.2, 0.25) is 5.89 Å². The van der Waals surface area contributed by atoms with E-state index in [0.29, 0.717) is 12.0 Å². The molecule has 4 rings (SSSR count). The predicted octanol–water partition coefficient (Wildman–Crippen LogP) is 2.37. The van der Waals surface area contributed by atoms with Crippen LogP contribution in [0.1, 0.15) is 56.3 Å². The molecule has 2 aliphatic rings. The molecule has 0 bridgehead atoms. The average molecular weight is 287 g/mol. The highest BCUT2D eigenvalue weighted by atomic mass is 16.5. The molecule has 0 aromatic carbocycles. The van der Waals surface area contributed by atoms with Gasteiger partial charge in [-0.05, 0) is 45.2 Å². The third-order valence-corrected chi connectivity index (χ3v) is 4.63. The molecule has 112 valence electrons. The van der Waals surface area contributed by atoms with Gasteiger partial charge in [-0.3, -0.25) is 9.58 Å². The Morgan fingerprint density at radius 1 is 1.38 bits per heavy atom. The van der Waals surface area contributed by atoms with Gasteiger partial charge in [-0.25, -0.2) is 0 Å². The summed E-state index contributed by atoms with van der Waals surface area (Å²) in [5, 5.41) is 8.46. The maximum atomic E-state index is 5.50. The van der Waals surface area contributed by atoms with E-state index >= 15 is 0 Å². The van der Waals surface area contributed by atoms with Gasteiger partial charge in [0.1, 0.15) is 0 Å². The van der Waals surface area contributed by atoms with Crippen molar-refractivity contribution in [2.45, 2.75) is 57.2 Å². The second-order valence-corrected chi connectivity index (χ2v) is 6.20. The van der Waals surface area contributed by atoms with E-state index in [-0.39, 0.29) is 6.04 Å². The minimum atomic E-state index is 0.188. The molecule has 1 saturated carbocycles. The Hall–Kier alpha value is -1.69. The van der Waals surface area contributed by atoms with Crippen molar-refractivity contribution in [2.75, 3.05) is 6.54 Å². The topological polar surface area (TPSA) is 60.0 Å². The van der Waals surface area contributed by atoms with Crippen LogP contribution in [0.15, 0.2) is 23.0 Å². The second-order valence-electron chi connectivity index (χ2n) is 6.20. The van der Waals surface area contributed by atoms with Crippen LogP contribution in [0.4, 0.5) is 0 Å². The van der Waals surface area contributed by atoms with Crippen molar-refractivity contribution in [3.05, 3.63) is 30.2 Å². The van der Waals surface area contributed by atoms with Crippen LogP contribution in [0.3, 0.4) is 0 Å². The fraction of sp³-hybridized carbons (Fsp3) is 0.667. The predicted molar refractivity (Wildman–Crippen MR) is 76.6 cm³/mol. The Morgan fingerprint density at radius 2 is 2.29 bits per heavy atom. The number of nitrogens with zero attached hydrogens (tertiary/aromatic N) is 5. The standard InChI is InChI=1S/C15H21N5O/c1-11(15-17-14(18-21-15)12-5-6-12)20-9-2-4-13(20)10-19-8-3-7-16-19/h3,7-8,11-13H,2,4-6,9-10H2,1H3. The van der Waals surface area contributed by atoms with Crippen LogP contribution in [0.5, 0.6) is 0 Å². The van der Waals surface area contributed by atoms with Gasteiger partial charge in [-0.15, -0.1) is 0 Å². The molecule has 2 aromatic rings. The van der Waals surface area contributed by atoms with E-state index < -0.39 is 0 Å². The van der Waals surface area contributed by atoms with Crippen LogP contribution in [0.2, 0.25) is 0 Å². The summed E-state index contributed by atoms with van der Waals surface area (Å²) in [6.45, 7) is 4.20. The molecule has 2 atom stereocenters. The first kappa shape index (κ1) is 13.0. The normalized spacial score (nSPS) is 24.5. The summed E-state index contributed by atoms with van der Waals surface area (Å²) in [7, 11) is 0. The van der Waals surface area contributed by atoms with Crippen molar-refractivity contribution < 1.29 is 4.52 Å². The SMILES string of the molecule is CC(c1nc(C2CC2)no1)N1CCCC1Cn1cccn1.